The van der Waals surface area contributed by atoms with E-state index in [-0.39, 0.29) is 5.43 Å². The van der Waals surface area contributed by atoms with Gasteiger partial charge in [-0.1, -0.05) is 31.2 Å². The maximum Gasteiger partial charge on any atom is 0.192 e. The van der Waals surface area contributed by atoms with Crippen LogP contribution in [0.3, 0.4) is 0 Å². The minimum Gasteiger partial charge on any atom is -0.493 e. The molecule has 0 spiro atoms. The van der Waals surface area contributed by atoms with E-state index in [1.165, 1.54) is 0 Å². The average Bonchev–Trinajstić information content (AvgIpc) is 3.07. The fraction of sp³-hybridized carbons (Fsp3) is 0.167. The highest BCUT2D eigenvalue weighted by Crippen LogP contribution is 2.37. The molecule has 0 saturated carbocycles. The molecular formula is C24H20N2O2. The van der Waals surface area contributed by atoms with Crippen molar-refractivity contribution < 1.29 is 4.74 Å². The number of hydrogen-bond acceptors (Lipinski definition) is 3. The van der Waals surface area contributed by atoms with Gasteiger partial charge in [-0.25, -0.2) is 0 Å². The van der Waals surface area contributed by atoms with E-state index in [0.717, 1.165) is 50.5 Å². The zero-order valence-corrected chi connectivity index (χ0v) is 15.7. The Morgan fingerprint density at radius 1 is 1.04 bits per heavy atom. The summed E-state index contributed by atoms with van der Waals surface area (Å²) in [6, 6.07) is 16.0. The predicted octanol–water partition coefficient (Wildman–Crippen LogP) is 4.82. The van der Waals surface area contributed by atoms with E-state index in [4.69, 9.17) is 4.74 Å². The van der Waals surface area contributed by atoms with Crippen LogP contribution >= 0.6 is 0 Å². The van der Waals surface area contributed by atoms with Gasteiger partial charge in [0.25, 0.3) is 0 Å². The second-order valence-electron chi connectivity index (χ2n) is 7.09. The smallest absolute Gasteiger partial charge is 0.192 e. The second kappa shape index (κ2) is 6.64. The average molecular weight is 368 g/mol. The van der Waals surface area contributed by atoms with Gasteiger partial charge in [-0.2, -0.15) is 0 Å². The lowest BCUT2D eigenvalue weighted by atomic mass is 10.0. The van der Waals surface area contributed by atoms with Gasteiger partial charge in [-0.05, 0) is 36.2 Å². The van der Waals surface area contributed by atoms with E-state index in [2.05, 4.69) is 28.4 Å². The first-order valence-electron chi connectivity index (χ1n) is 9.60. The van der Waals surface area contributed by atoms with Gasteiger partial charge in [-0.15, -0.1) is 0 Å². The Morgan fingerprint density at radius 2 is 1.93 bits per heavy atom. The molecule has 28 heavy (non-hydrogen) atoms. The number of nitrogens with zero attached hydrogens (tertiary/aromatic N) is 2. The third-order valence-corrected chi connectivity index (χ3v) is 5.21. The lowest BCUT2D eigenvalue weighted by Gasteiger charge is -2.10. The Bertz CT molecular complexity index is 1340. The Hall–Kier alpha value is -3.40. The van der Waals surface area contributed by atoms with Gasteiger partial charge in [0.2, 0.25) is 0 Å². The number of benzene rings is 2. The summed E-state index contributed by atoms with van der Waals surface area (Å²) in [6.45, 7) is 2.75. The second-order valence-corrected chi connectivity index (χ2v) is 7.09. The molecule has 0 fully saturated rings. The van der Waals surface area contributed by atoms with Crippen molar-refractivity contribution in [2.45, 2.75) is 19.8 Å². The molecule has 0 saturated heterocycles. The zero-order valence-electron chi connectivity index (χ0n) is 15.7. The maximum atomic E-state index is 13.3. The van der Waals surface area contributed by atoms with Crippen LogP contribution in [0.1, 0.15) is 24.5 Å². The standard InChI is InChI=1S/C24H20N2O2/c1-2-12-28-21-10-9-19-23-22(21)18-7-3-4-8-20(18)26(23)15-17(24(19)27)13-16-6-5-11-25-14-16/h3-11,14-15H,2,12-13H2,1H3. The number of hydrogen-bond donors (Lipinski definition) is 0. The minimum absolute atomic E-state index is 0.0752. The van der Waals surface area contributed by atoms with Crippen molar-refractivity contribution >= 4 is 27.2 Å². The zero-order chi connectivity index (χ0) is 19.1. The van der Waals surface area contributed by atoms with Gasteiger partial charge in [0.05, 0.1) is 23.0 Å². The minimum atomic E-state index is 0.0752. The lowest BCUT2D eigenvalue weighted by Crippen LogP contribution is -2.12. The molecule has 0 aliphatic rings. The van der Waals surface area contributed by atoms with E-state index in [0.29, 0.717) is 13.0 Å². The van der Waals surface area contributed by atoms with Gasteiger partial charge in [0.1, 0.15) is 5.75 Å². The third-order valence-electron chi connectivity index (χ3n) is 5.21. The van der Waals surface area contributed by atoms with Crippen LogP contribution in [0.15, 0.2) is 71.9 Å². The number of rotatable bonds is 5. The van der Waals surface area contributed by atoms with Crippen LogP contribution in [-0.2, 0) is 6.42 Å². The first kappa shape index (κ1) is 16.8. The van der Waals surface area contributed by atoms with Crippen molar-refractivity contribution in [1.82, 2.24) is 9.38 Å². The number of pyridine rings is 2. The van der Waals surface area contributed by atoms with Crippen molar-refractivity contribution in [2.75, 3.05) is 6.61 Å². The summed E-state index contributed by atoms with van der Waals surface area (Å²) in [6.07, 6.45) is 7.05. The summed E-state index contributed by atoms with van der Waals surface area (Å²) >= 11 is 0. The van der Waals surface area contributed by atoms with E-state index in [1.54, 1.807) is 6.20 Å². The van der Waals surface area contributed by atoms with Crippen LogP contribution < -0.4 is 10.2 Å². The summed E-state index contributed by atoms with van der Waals surface area (Å²) < 4.78 is 8.16. The fourth-order valence-corrected chi connectivity index (χ4v) is 3.98. The molecular weight excluding hydrogens is 348 g/mol. The van der Waals surface area contributed by atoms with Crippen LogP contribution in [-0.4, -0.2) is 16.0 Å². The van der Waals surface area contributed by atoms with Crippen molar-refractivity contribution in [2.24, 2.45) is 0 Å². The molecule has 0 unspecified atom stereocenters. The van der Waals surface area contributed by atoms with Crippen molar-refractivity contribution in [3.05, 3.63) is 88.5 Å². The molecule has 0 atom stereocenters. The Labute approximate surface area is 162 Å². The molecule has 4 nitrogen and oxygen atoms in total. The Kier molecular flexibility index (Phi) is 3.97. The predicted molar refractivity (Wildman–Crippen MR) is 113 cm³/mol. The van der Waals surface area contributed by atoms with Crippen molar-refractivity contribution in [3.63, 3.8) is 0 Å². The van der Waals surface area contributed by atoms with Crippen LogP contribution in [0.2, 0.25) is 0 Å². The molecule has 0 amide bonds. The normalized spacial score (nSPS) is 11.6. The van der Waals surface area contributed by atoms with E-state index < -0.39 is 0 Å². The molecule has 138 valence electrons. The highest BCUT2D eigenvalue weighted by molar-refractivity contribution is 6.16. The molecule has 3 aromatic heterocycles. The lowest BCUT2D eigenvalue weighted by molar-refractivity contribution is 0.321. The van der Waals surface area contributed by atoms with Crippen molar-refractivity contribution in [3.8, 4) is 5.75 Å². The molecule has 5 rings (SSSR count). The first-order chi connectivity index (χ1) is 13.8. The summed E-state index contributed by atoms with van der Waals surface area (Å²) in [7, 11) is 0. The summed E-state index contributed by atoms with van der Waals surface area (Å²) in [5.74, 6) is 0.840. The van der Waals surface area contributed by atoms with E-state index in [9.17, 15) is 4.79 Å². The molecule has 0 N–H and O–H groups in total. The molecule has 0 bridgehead atoms. The number of fused-ring (bicyclic) bond motifs is 3. The van der Waals surface area contributed by atoms with Crippen LogP contribution in [0, 0.1) is 0 Å². The number of ether oxygens (including phenoxy) is 1. The van der Waals surface area contributed by atoms with Gasteiger partial charge >= 0.3 is 0 Å². The molecule has 5 aromatic rings. The first-order valence-corrected chi connectivity index (χ1v) is 9.60. The molecule has 2 aromatic carbocycles. The van der Waals surface area contributed by atoms with Gasteiger partial charge in [0, 0.05) is 41.3 Å². The summed E-state index contributed by atoms with van der Waals surface area (Å²) in [5.41, 5.74) is 3.90. The number of para-hydroxylation sites is 1. The Balaban J connectivity index is 1.83. The van der Waals surface area contributed by atoms with E-state index in [1.807, 2.05) is 48.8 Å². The topological polar surface area (TPSA) is 43.6 Å². The third kappa shape index (κ3) is 2.53. The molecule has 0 aliphatic heterocycles. The van der Waals surface area contributed by atoms with Crippen LogP contribution in [0.4, 0.5) is 0 Å². The van der Waals surface area contributed by atoms with Gasteiger partial charge in [-0.3, -0.25) is 9.78 Å². The monoisotopic (exact) mass is 368 g/mol. The maximum absolute atomic E-state index is 13.3. The number of aromatic nitrogens is 2. The molecule has 4 heteroatoms. The molecule has 3 heterocycles. The SMILES string of the molecule is CCCOc1ccc2c(=O)c(Cc3cccnc3)cn3c4ccccc4c1c23. The van der Waals surface area contributed by atoms with Crippen LogP contribution in [0.5, 0.6) is 5.75 Å². The fourth-order valence-electron chi connectivity index (χ4n) is 3.98. The van der Waals surface area contributed by atoms with E-state index >= 15 is 0 Å². The highest BCUT2D eigenvalue weighted by Gasteiger charge is 2.19. The van der Waals surface area contributed by atoms with Gasteiger partial charge in [0.15, 0.2) is 5.43 Å². The summed E-state index contributed by atoms with van der Waals surface area (Å²) in [5, 5.41) is 2.86. The quantitative estimate of drug-likeness (QED) is 0.447. The molecule has 0 radical (unpaired) electrons. The largest absolute Gasteiger partial charge is 0.493 e. The van der Waals surface area contributed by atoms with Crippen LogP contribution in [0.25, 0.3) is 27.2 Å². The van der Waals surface area contributed by atoms with Gasteiger partial charge < -0.3 is 9.14 Å². The summed E-state index contributed by atoms with van der Waals surface area (Å²) in [4.78, 5) is 17.4. The Morgan fingerprint density at radius 3 is 2.75 bits per heavy atom. The highest BCUT2D eigenvalue weighted by atomic mass is 16.5. The van der Waals surface area contributed by atoms with Crippen molar-refractivity contribution in [1.29, 1.82) is 0 Å². The molecule has 0 aliphatic carbocycles.